The topological polar surface area (TPSA) is 31.2 Å². The number of pyridine rings is 1. The van der Waals surface area contributed by atoms with Crippen LogP contribution in [0.2, 0.25) is 0 Å². The Hall–Kier alpha value is -1.25. The van der Waals surface area contributed by atoms with Crippen molar-refractivity contribution in [2.75, 3.05) is 0 Å². The highest BCUT2D eigenvalue weighted by atomic mass is 16.7. The minimum Gasteiger partial charge on any atom is -0.408 e. The first-order valence-corrected chi connectivity index (χ1v) is 9.23. The second-order valence-corrected chi connectivity index (χ2v) is 8.06. The van der Waals surface area contributed by atoms with Crippen LogP contribution in [0.15, 0.2) is 16.9 Å². The summed E-state index contributed by atoms with van der Waals surface area (Å²) in [5.74, 6) is 0.461. The Morgan fingerprint density at radius 1 is 1.26 bits per heavy atom. The van der Waals surface area contributed by atoms with Gasteiger partial charge in [-0.2, -0.15) is 0 Å². The highest BCUT2D eigenvalue weighted by Gasteiger charge is 2.24. The van der Waals surface area contributed by atoms with Crippen LogP contribution < -0.4 is 10.4 Å². The van der Waals surface area contributed by atoms with E-state index in [9.17, 15) is 4.79 Å². The van der Waals surface area contributed by atoms with Gasteiger partial charge < -0.3 is 4.84 Å². The predicted octanol–water partition coefficient (Wildman–Crippen LogP) is 4.85. The fourth-order valence-electron chi connectivity index (χ4n) is 3.65. The maximum atomic E-state index is 12.5. The van der Waals surface area contributed by atoms with Crippen LogP contribution >= 0.6 is 0 Å². The lowest BCUT2D eigenvalue weighted by atomic mass is 9.84. The summed E-state index contributed by atoms with van der Waals surface area (Å²) in [5.41, 5.74) is 2.33. The normalized spacial score (nSPS) is 18.0. The summed E-state index contributed by atoms with van der Waals surface area (Å²) in [7, 11) is 0. The van der Waals surface area contributed by atoms with Gasteiger partial charge in [0.15, 0.2) is 0 Å². The van der Waals surface area contributed by atoms with E-state index in [1.807, 2.05) is 6.92 Å². The molecule has 1 aromatic heterocycles. The van der Waals surface area contributed by atoms with Gasteiger partial charge in [-0.15, -0.1) is 4.73 Å². The van der Waals surface area contributed by atoms with Crippen LogP contribution in [0.4, 0.5) is 0 Å². The van der Waals surface area contributed by atoms with Crippen LogP contribution in [0.3, 0.4) is 0 Å². The SMILES string of the molecule is CCC(C)(C)CC(C)On1c(C2CCCCC2)cc(C)cc1=O. The maximum Gasteiger partial charge on any atom is 0.283 e. The molecule has 3 nitrogen and oxygen atoms in total. The fourth-order valence-corrected chi connectivity index (χ4v) is 3.65. The average molecular weight is 319 g/mol. The van der Waals surface area contributed by atoms with Crippen molar-refractivity contribution in [3.63, 3.8) is 0 Å². The van der Waals surface area contributed by atoms with Gasteiger partial charge in [0.05, 0.1) is 5.69 Å². The molecule has 0 N–H and O–H groups in total. The predicted molar refractivity (Wildman–Crippen MR) is 96.0 cm³/mol. The van der Waals surface area contributed by atoms with Crippen molar-refractivity contribution in [3.05, 3.63) is 33.7 Å². The quantitative estimate of drug-likeness (QED) is 0.750. The highest BCUT2D eigenvalue weighted by molar-refractivity contribution is 5.19. The number of aryl methyl sites for hydroxylation is 1. The molecule has 1 fully saturated rings. The van der Waals surface area contributed by atoms with E-state index in [0.29, 0.717) is 5.92 Å². The van der Waals surface area contributed by atoms with E-state index < -0.39 is 0 Å². The highest BCUT2D eigenvalue weighted by Crippen LogP contribution is 2.32. The molecule has 1 aliphatic carbocycles. The van der Waals surface area contributed by atoms with Crippen molar-refractivity contribution >= 4 is 0 Å². The van der Waals surface area contributed by atoms with E-state index in [1.165, 1.54) is 32.1 Å². The Bertz CT molecular complexity index is 567. The third kappa shape index (κ3) is 4.86. The zero-order valence-corrected chi connectivity index (χ0v) is 15.5. The monoisotopic (exact) mass is 319 g/mol. The lowest BCUT2D eigenvalue weighted by molar-refractivity contribution is 0.00820. The summed E-state index contributed by atoms with van der Waals surface area (Å²) in [6.07, 6.45) is 8.26. The molecule has 0 saturated heterocycles. The molecule has 1 aromatic rings. The number of rotatable bonds is 6. The Kier molecular flexibility index (Phi) is 5.94. The van der Waals surface area contributed by atoms with E-state index in [2.05, 4.69) is 33.8 Å². The molecule has 3 heteroatoms. The van der Waals surface area contributed by atoms with Crippen LogP contribution in [0.1, 0.15) is 89.8 Å². The van der Waals surface area contributed by atoms with Crippen molar-refractivity contribution in [3.8, 4) is 0 Å². The maximum absolute atomic E-state index is 12.5. The fraction of sp³-hybridized carbons (Fsp3) is 0.750. The van der Waals surface area contributed by atoms with Crippen molar-refractivity contribution in [1.82, 2.24) is 4.73 Å². The molecule has 0 radical (unpaired) electrons. The van der Waals surface area contributed by atoms with Gasteiger partial charge in [-0.3, -0.25) is 4.79 Å². The molecular weight excluding hydrogens is 286 g/mol. The van der Waals surface area contributed by atoms with Gasteiger partial charge in [0.25, 0.3) is 5.56 Å². The molecule has 0 bridgehead atoms. The number of hydrogen-bond donors (Lipinski definition) is 0. The largest absolute Gasteiger partial charge is 0.408 e. The third-order valence-corrected chi connectivity index (χ3v) is 5.27. The van der Waals surface area contributed by atoms with Gasteiger partial charge in [-0.1, -0.05) is 46.5 Å². The molecule has 1 unspecified atom stereocenters. The summed E-state index contributed by atoms with van der Waals surface area (Å²) >= 11 is 0. The van der Waals surface area contributed by atoms with Crippen molar-refractivity contribution in [2.24, 2.45) is 5.41 Å². The van der Waals surface area contributed by atoms with E-state index in [-0.39, 0.29) is 17.1 Å². The van der Waals surface area contributed by atoms with Crippen molar-refractivity contribution in [1.29, 1.82) is 0 Å². The van der Waals surface area contributed by atoms with Gasteiger partial charge in [0.2, 0.25) is 0 Å². The molecule has 0 spiro atoms. The van der Waals surface area contributed by atoms with Gasteiger partial charge in [-0.25, -0.2) is 0 Å². The average Bonchev–Trinajstić information content (AvgIpc) is 2.50. The van der Waals surface area contributed by atoms with Gasteiger partial charge in [0.1, 0.15) is 6.10 Å². The lowest BCUT2D eigenvalue weighted by Gasteiger charge is -2.30. The molecule has 23 heavy (non-hydrogen) atoms. The Morgan fingerprint density at radius 2 is 1.91 bits per heavy atom. The Balaban J connectivity index is 2.24. The summed E-state index contributed by atoms with van der Waals surface area (Å²) in [4.78, 5) is 18.6. The Labute approximate surface area is 141 Å². The Morgan fingerprint density at radius 3 is 2.52 bits per heavy atom. The molecule has 130 valence electrons. The molecule has 1 atom stereocenters. The third-order valence-electron chi connectivity index (χ3n) is 5.27. The molecule has 0 aromatic carbocycles. The van der Waals surface area contributed by atoms with Crippen LogP contribution in [-0.2, 0) is 0 Å². The van der Waals surface area contributed by atoms with Crippen LogP contribution in [-0.4, -0.2) is 10.8 Å². The van der Waals surface area contributed by atoms with Crippen LogP contribution in [0, 0.1) is 12.3 Å². The molecule has 1 saturated carbocycles. The molecule has 1 aliphatic rings. The van der Waals surface area contributed by atoms with Crippen molar-refractivity contribution < 1.29 is 4.84 Å². The van der Waals surface area contributed by atoms with Crippen molar-refractivity contribution in [2.45, 2.75) is 91.6 Å². The first kappa shape index (κ1) is 18.1. The summed E-state index contributed by atoms with van der Waals surface area (Å²) in [6.45, 7) is 10.8. The van der Waals surface area contributed by atoms with Gasteiger partial charge in [0, 0.05) is 12.0 Å². The van der Waals surface area contributed by atoms with Gasteiger partial charge in [-0.05, 0) is 50.2 Å². The molecule has 2 rings (SSSR count). The first-order chi connectivity index (χ1) is 10.8. The lowest BCUT2D eigenvalue weighted by Crippen LogP contribution is -2.37. The smallest absolute Gasteiger partial charge is 0.283 e. The minimum atomic E-state index is -0.0215. The van der Waals surface area contributed by atoms with Crippen LogP contribution in [0.25, 0.3) is 0 Å². The van der Waals surface area contributed by atoms with Gasteiger partial charge >= 0.3 is 0 Å². The first-order valence-electron chi connectivity index (χ1n) is 9.23. The zero-order chi connectivity index (χ0) is 17.0. The molecule has 0 amide bonds. The second kappa shape index (κ2) is 7.55. The second-order valence-electron chi connectivity index (χ2n) is 8.06. The number of aromatic nitrogens is 1. The summed E-state index contributed by atoms with van der Waals surface area (Å²) in [6, 6.07) is 3.83. The van der Waals surface area contributed by atoms with E-state index in [0.717, 1.165) is 24.1 Å². The minimum absolute atomic E-state index is 0.0215. The zero-order valence-electron chi connectivity index (χ0n) is 15.5. The standard InChI is InChI=1S/C20H33NO2/c1-6-20(4,5)14-16(3)23-21-18(12-15(2)13-19(21)22)17-10-8-7-9-11-17/h12-13,16-17H,6-11,14H2,1-5H3. The summed E-state index contributed by atoms with van der Waals surface area (Å²) in [5, 5.41) is 0. The van der Waals surface area contributed by atoms with E-state index in [1.54, 1.807) is 10.8 Å². The number of nitrogens with zero attached hydrogens (tertiary/aromatic N) is 1. The molecule has 1 heterocycles. The summed E-state index contributed by atoms with van der Waals surface area (Å²) < 4.78 is 1.60. The van der Waals surface area contributed by atoms with Crippen LogP contribution in [0.5, 0.6) is 0 Å². The van der Waals surface area contributed by atoms with E-state index >= 15 is 0 Å². The molecular formula is C20H33NO2. The van der Waals surface area contributed by atoms with E-state index in [4.69, 9.17) is 4.84 Å². The molecule has 0 aliphatic heterocycles. The number of hydrogen-bond acceptors (Lipinski definition) is 2.